The summed E-state index contributed by atoms with van der Waals surface area (Å²) in [5.74, 6) is -0.168. The van der Waals surface area contributed by atoms with E-state index in [1.807, 2.05) is 6.08 Å². The highest BCUT2D eigenvalue weighted by molar-refractivity contribution is 7.93. The number of nitrogens with zero attached hydrogens (tertiary/aromatic N) is 3. The van der Waals surface area contributed by atoms with Gasteiger partial charge in [0.05, 0.1) is 10.5 Å². The zero-order valence-corrected chi connectivity index (χ0v) is 20.0. The van der Waals surface area contributed by atoms with Crippen LogP contribution >= 0.6 is 0 Å². The Balaban J connectivity index is 1.31. The molecule has 0 radical (unpaired) electrons. The van der Waals surface area contributed by atoms with Crippen LogP contribution < -0.4 is 10.6 Å². The number of hydrogen-bond donors (Lipinski definition) is 2. The zero-order chi connectivity index (χ0) is 23.3. The van der Waals surface area contributed by atoms with Gasteiger partial charge in [0.2, 0.25) is 10.0 Å². The molecule has 2 aromatic heterocycles. The first-order chi connectivity index (χ1) is 15.9. The van der Waals surface area contributed by atoms with Crippen molar-refractivity contribution in [2.75, 3.05) is 32.7 Å². The highest BCUT2D eigenvalue weighted by atomic mass is 32.2. The monoisotopic (exact) mass is 471 g/mol. The van der Waals surface area contributed by atoms with Crippen LogP contribution in [0.25, 0.3) is 5.65 Å². The summed E-state index contributed by atoms with van der Waals surface area (Å²) in [4.78, 5) is 16.9. The highest BCUT2D eigenvalue weighted by Gasteiger charge is 2.40. The van der Waals surface area contributed by atoms with E-state index in [0.29, 0.717) is 36.5 Å². The van der Waals surface area contributed by atoms with Gasteiger partial charge < -0.3 is 15.0 Å². The van der Waals surface area contributed by atoms with Crippen molar-refractivity contribution in [1.29, 1.82) is 0 Å². The summed E-state index contributed by atoms with van der Waals surface area (Å²) in [5, 5.41) is 6.26. The Labute approximate surface area is 195 Å². The SMILES string of the molecule is C/C=C(\C=C/CCNC(=O)c1ccc2nccn2c1)S(=O)(=O)N1CCCC2(CCNCC2)C1. The fourth-order valence-electron chi connectivity index (χ4n) is 4.84. The minimum absolute atomic E-state index is 0.114. The molecule has 0 saturated carbocycles. The van der Waals surface area contributed by atoms with Crippen molar-refractivity contribution in [1.82, 2.24) is 24.3 Å². The lowest BCUT2D eigenvalue weighted by atomic mass is 9.73. The van der Waals surface area contributed by atoms with E-state index in [0.717, 1.165) is 44.4 Å². The first kappa shape index (κ1) is 23.7. The molecular formula is C24H33N5O3S. The van der Waals surface area contributed by atoms with E-state index in [1.165, 1.54) is 0 Å². The van der Waals surface area contributed by atoms with Gasteiger partial charge in [0.15, 0.2) is 0 Å². The maximum Gasteiger partial charge on any atom is 0.252 e. The molecule has 2 fully saturated rings. The number of amides is 1. The number of allylic oxidation sites excluding steroid dienone is 2. The molecule has 8 nitrogen and oxygen atoms in total. The van der Waals surface area contributed by atoms with Crippen LogP contribution in [0.3, 0.4) is 0 Å². The van der Waals surface area contributed by atoms with E-state index in [9.17, 15) is 13.2 Å². The molecule has 0 bridgehead atoms. The molecule has 0 aromatic carbocycles. The van der Waals surface area contributed by atoms with E-state index >= 15 is 0 Å². The van der Waals surface area contributed by atoms with E-state index in [1.54, 1.807) is 58.5 Å². The first-order valence-corrected chi connectivity index (χ1v) is 13.1. The van der Waals surface area contributed by atoms with E-state index < -0.39 is 10.0 Å². The molecule has 33 heavy (non-hydrogen) atoms. The minimum atomic E-state index is -3.52. The maximum atomic E-state index is 13.3. The molecule has 0 unspecified atom stereocenters. The van der Waals surface area contributed by atoms with Crippen LogP contribution in [0.1, 0.15) is 49.4 Å². The van der Waals surface area contributed by atoms with Gasteiger partial charge in [-0.2, -0.15) is 4.31 Å². The predicted octanol–water partition coefficient (Wildman–Crippen LogP) is 2.71. The van der Waals surface area contributed by atoms with E-state index in [-0.39, 0.29) is 11.3 Å². The highest BCUT2D eigenvalue weighted by Crippen LogP contribution is 2.39. The molecule has 0 atom stereocenters. The Hall–Kier alpha value is -2.49. The van der Waals surface area contributed by atoms with E-state index in [2.05, 4.69) is 15.6 Å². The van der Waals surface area contributed by atoms with Crippen molar-refractivity contribution in [3.05, 3.63) is 59.4 Å². The van der Waals surface area contributed by atoms with Crippen LogP contribution in [0.5, 0.6) is 0 Å². The molecule has 2 saturated heterocycles. The number of carbonyl (C=O) groups is 1. The Morgan fingerprint density at radius 3 is 2.88 bits per heavy atom. The van der Waals surface area contributed by atoms with Gasteiger partial charge in [0.25, 0.3) is 5.91 Å². The molecule has 1 amide bonds. The van der Waals surface area contributed by atoms with Crippen molar-refractivity contribution >= 4 is 21.6 Å². The quantitative estimate of drug-likeness (QED) is 0.478. The Morgan fingerprint density at radius 1 is 1.27 bits per heavy atom. The molecule has 9 heteroatoms. The van der Waals surface area contributed by atoms with Gasteiger partial charge in [-0.1, -0.05) is 12.2 Å². The van der Waals surface area contributed by atoms with Crippen LogP contribution in [0.4, 0.5) is 0 Å². The zero-order valence-electron chi connectivity index (χ0n) is 19.2. The first-order valence-electron chi connectivity index (χ1n) is 11.7. The number of carbonyl (C=O) groups excluding carboxylic acids is 1. The Kier molecular flexibility index (Phi) is 7.31. The van der Waals surface area contributed by atoms with Crippen LogP contribution in [0.2, 0.25) is 0 Å². The van der Waals surface area contributed by atoms with E-state index in [4.69, 9.17) is 0 Å². The third kappa shape index (κ3) is 5.37. The van der Waals surface area contributed by atoms with Crippen molar-refractivity contribution < 1.29 is 13.2 Å². The van der Waals surface area contributed by atoms with Crippen LogP contribution in [-0.2, 0) is 10.0 Å². The number of imidazole rings is 1. The molecule has 4 heterocycles. The minimum Gasteiger partial charge on any atom is -0.352 e. The lowest BCUT2D eigenvalue weighted by Gasteiger charge is -2.44. The number of pyridine rings is 1. The Bertz CT molecular complexity index is 1140. The summed E-state index contributed by atoms with van der Waals surface area (Å²) in [6.45, 7) is 5.31. The second-order valence-electron chi connectivity index (χ2n) is 8.94. The summed E-state index contributed by atoms with van der Waals surface area (Å²) >= 11 is 0. The summed E-state index contributed by atoms with van der Waals surface area (Å²) in [6, 6.07) is 3.54. The number of piperidine rings is 2. The number of nitrogens with one attached hydrogen (secondary N) is 2. The Morgan fingerprint density at radius 2 is 2.09 bits per heavy atom. The van der Waals surface area contributed by atoms with Gasteiger partial charge in [-0.25, -0.2) is 13.4 Å². The topological polar surface area (TPSA) is 95.8 Å². The second kappa shape index (κ2) is 10.2. The summed E-state index contributed by atoms with van der Waals surface area (Å²) in [7, 11) is -3.52. The van der Waals surface area contributed by atoms with Gasteiger partial charge >= 0.3 is 0 Å². The molecule has 1 spiro atoms. The summed E-state index contributed by atoms with van der Waals surface area (Å²) in [5.41, 5.74) is 1.45. The van der Waals surface area contributed by atoms with Crippen LogP contribution in [0.15, 0.2) is 53.9 Å². The molecule has 178 valence electrons. The number of fused-ring (bicyclic) bond motifs is 1. The van der Waals surface area contributed by atoms with Crippen LogP contribution in [0, 0.1) is 5.41 Å². The summed E-state index contributed by atoms with van der Waals surface area (Å²) in [6.07, 6.45) is 15.0. The molecule has 0 aliphatic carbocycles. The van der Waals surface area contributed by atoms with Gasteiger partial charge in [-0.05, 0) is 75.7 Å². The maximum absolute atomic E-state index is 13.3. The van der Waals surface area contributed by atoms with Crippen molar-refractivity contribution in [2.24, 2.45) is 5.41 Å². The molecule has 2 aliphatic rings. The van der Waals surface area contributed by atoms with Crippen molar-refractivity contribution in [3.63, 3.8) is 0 Å². The number of aromatic nitrogens is 2. The van der Waals surface area contributed by atoms with Crippen LogP contribution in [-0.4, -0.2) is 60.7 Å². The molecule has 2 aliphatic heterocycles. The lowest BCUT2D eigenvalue weighted by Crippen LogP contribution is -2.50. The molecule has 2 aromatic rings. The fraction of sp³-hybridized carbons (Fsp3) is 0.500. The van der Waals surface area contributed by atoms with Gasteiger partial charge in [-0.15, -0.1) is 0 Å². The van der Waals surface area contributed by atoms with Gasteiger partial charge in [0, 0.05) is 38.2 Å². The third-order valence-corrected chi connectivity index (χ3v) is 8.70. The van der Waals surface area contributed by atoms with Gasteiger partial charge in [-0.3, -0.25) is 4.79 Å². The largest absolute Gasteiger partial charge is 0.352 e. The number of rotatable bonds is 7. The normalized spacial score (nSPS) is 20.0. The number of sulfonamides is 1. The van der Waals surface area contributed by atoms with Gasteiger partial charge in [0.1, 0.15) is 5.65 Å². The van der Waals surface area contributed by atoms with Crippen molar-refractivity contribution in [3.8, 4) is 0 Å². The molecule has 4 rings (SSSR count). The third-order valence-electron chi connectivity index (χ3n) is 6.74. The summed E-state index contributed by atoms with van der Waals surface area (Å²) < 4.78 is 30.1. The predicted molar refractivity (Wildman–Crippen MR) is 129 cm³/mol. The lowest BCUT2D eigenvalue weighted by molar-refractivity contribution is 0.0954. The smallest absolute Gasteiger partial charge is 0.252 e. The fourth-order valence-corrected chi connectivity index (χ4v) is 6.52. The van der Waals surface area contributed by atoms with Crippen molar-refractivity contribution in [2.45, 2.75) is 39.0 Å². The number of hydrogen-bond acceptors (Lipinski definition) is 5. The standard InChI is InChI=1S/C24H33N5O3S/c1-2-21(33(31,32)29-16-5-9-24(19-29)10-13-25-14-11-24)6-3-4-12-27-23(30)20-7-8-22-26-15-17-28(22)18-20/h2-3,6-8,15,17-18,25H,4-5,9-14,16,19H2,1H3,(H,27,30)/b6-3-,21-2+. The molecule has 2 N–H and O–H groups in total. The average Bonchev–Trinajstić information content (AvgIpc) is 3.29. The second-order valence-corrected chi connectivity index (χ2v) is 10.9. The average molecular weight is 472 g/mol. The molecular weight excluding hydrogens is 438 g/mol.